The highest BCUT2D eigenvalue weighted by Crippen LogP contribution is 2.21. The zero-order valence-electron chi connectivity index (χ0n) is 9.24. The van der Waals surface area contributed by atoms with Crippen LogP contribution in [0.15, 0.2) is 42.5 Å². The largest absolute Gasteiger partial charge is 0.324 e. The fourth-order valence-corrected chi connectivity index (χ4v) is 1.73. The van der Waals surface area contributed by atoms with E-state index < -0.39 is 11.6 Å². The molecule has 2 aromatic carbocycles. The van der Waals surface area contributed by atoms with Gasteiger partial charge < -0.3 is 10.3 Å². The maximum absolute atomic E-state index is 13.4. The normalized spacial score (nSPS) is 10.8. The quantitative estimate of drug-likeness (QED) is 0.724. The van der Waals surface area contributed by atoms with E-state index in [0.29, 0.717) is 5.95 Å². The van der Waals surface area contributed by atoms with Crippen molar-refractivity contribution in [1.82, 2.24) is 9.97 Å². The first-order chi connectivity index (χ1) is 8.72. The average molecular weight is 245 g/mol. The number of hydrogen-bond acceptors (Lipinski definition) is 2. The van der Waals surface area contributed by atoms with Crippen LogP contribution in [0.1, 0.15) is 0 Å². The molecule has 0 aliphatic rings. The summed E-state index contributed by atoms with van der Waals surface area (Å²) in [4.78, 5) is 7.25. The van der Waals surface area contributed by atoms with Gasteiger partial charge in [-0.05, 0) is 24.3 Å². The Labute approximate surface area is 101 Å². The number of anilines is 2. The number of rotatable bonds is 2. The fourth-order valence-electron chi connectivity index (χ4n) is 1.73. The zero-order chi connectivity index (χ0) is 12.5. The van der Waals surface area contributed by atoms with Gasteiger partial charge in [0, 0.05) is 6.07 Å². The second kappa shape index (κ2) is 4.10. The average Bonchev–Trinajstić information content (AvgIpc) is 2.75. The molecule has 0 saturated heterocycles. The van der Waals surface area contributed by atoms with Gasteiger partial charge in [-0.25, -0.2) is 13.8 Å². The molecule has 0 radical (unpaired) electrons. The number of aromatic nitrogens is 2. The van der Waals surface area contributed by atoms with Gasteiger partial charge in [-0.2, -0.15) is 0 Å². The maximum Gasteiger partial charge on any atom is 0.205 e. The molecule has 0 atom stereocenters. The van der Waals surface area contributed by atoms with Crippen LogP contribution in [0.2, 0.25) is 0 Å². The van der Waals surface area contributed by atoms with Crippen molar-refractivity contribution in [1.29, 1.82) is 0 Å². The van der Waals surface area contributed by atoms with E-state index in [4.69, 9.17) is 0 Å². The molecule has 0 bridgehead atoms. The second-order valence-electron chi connectivity index (χ2n) is 3.85. The van der Waals surface area contributed by atoms with Crippen LogP contribution in [0.3, 0.4) is 0 Å². The van der Waals surface area contributed by atoms with Crippen LogP contribution in [-0.4, -0.2) is 9.97 Å². The smallest absolute Gasteiger partial charge is 0.205 e. The molecule has 0 unspecified atom stereocenters. The Kier molecular flexibility index (Phi) is 2.44. The van der Waals surface area contributed by atoms with Gasteiger partial charge in [-0.3, -0.25) is 0 Å². The molecule has 0 amide bonds. The van der Waals surface area contributed by atoms with Crippen LogP contribution < -0.4 is 5.32 Å². The number of aromatic amines is 1. The highest BCUT2D eigenvalue weighted by atomic mass is 19.1. The third-order valence-electron chi connectivity index (χ3n) is 2.57. The molecule has 0 saturated carbocycles. The Balaban J connectivity index is 1.96. The molecule has 2 N–H and O–H groups in total. The summed E-state index contributed by atoms with van der Waals surface area (Å²) in [5, 5.41) is 2.78. The Morgan fingerprint density at radius 2 is 1.89 bits per heavy atom. The highest BCUT2D eigenvalue weighted by molar-refractivity contribution is 5.78. The first-order valence-electron chi connectivity index (χ1n) is 5.39. The van der Waals surface area contributed by atoms with Crippen molar-refractivity contribution in [3.63, 3.8) is 0 Å². The third-order valence-corrected chi connectivity index (χ3v) is 2.57. The molecule has 3 aromatic rings. The van der Waals surface area contributed by atoms with E-state index in [1.807, 2.05) is 24.3 Å². The highest BCUT2D eigenvalue weighted by Gasteiger charge is 2.06. The molecule has 3 nitrogen and oxygen atoms in total. The molecule has 18 heavy (non-hydrogen) atoms. The molecular formula is C13H9F2N3. The lowest BCUT2D eigenvalue weighted by Gasteiger charge is -2.03. The Bertz CT molecular complexity index is 673. The first-order valence-corrected chi connectivity index (χ1v) is 5.39. The Hall–Kier alpha value is -2.43. The lowest BCUT2D eigenvalue weighted by molar-refractivity contribution is 0.586. The topological polar surface area (TPSA) is 40.7 Å². The molecule has 90 valence electrons. The Morgan fingerprint density at radius 1 is 1.06 bits per heavy atom. The van der Waals surface area contributed by atoms with E-state index in [-0.39, 0.29) is 5.69 Å². The van der Waals surface area contributed by atoms with Crippen molar-refractivity contribution in [3.05, 3.63) is 54.1 Å². The van der Waals surface area contributed by atoms with Crippen molar-refractivity contribution in [3.8, 4) is 0 Å². The van der Waals surface area contributed by atoms with Crippen LogP contribution in [0.4, 0.5) is 20.4 Å². The van der Waals surface area contributed by atoms with E-state index >= 15 is 0 Å². The number of fused-ring (bicyclic) bond motifs is 1. The predicted molar refractivity (Wildman–Crippen MR) is 65.7 cm³/mol. The van der Waals surface area contributed by atoms with Crippen LogP contribution in [0.25, 0.3) is 11.0 Å². The monoisotopic (exact) mass is 245 g/mol. The summed E-state index contributed by atoms with van der Waals surface area (Å²) in [6, 6.07) is 10.8. The lowest BCUT2D eigenvalue weighted by Crippen LogP contribution is -1.95. The van der Waals surface area contributed by atoms with Crippen LogP contribution >= 0.6 is 0 Å². The van der Waals surface area contributed by atoms with Crippen molar-refractivity contribution in [2.75, 3.05) is 5.32 Å². The van der Waals surface area contributed by atoms with Crippen LogP contribution in [0.5, 0.6) is 0 Å². The molecule has 0 spiro atoms. The molecule has 0 fully saturated rings. The van der Waals surface area contributed by atoms with Crippen LogP contribution in [-0.2, 0) is 0 Å². The molecule has 1 aromatic heterocycles. The summed E-state index contributed by atoms with van der Waals surface area (Å²) >= 11 is 0. The van der Waals surface area contributed by atoms with Gasteiger partial charge >= 0.3 is 0 Å². The minimum absolute atomic E-state index is 0.176. The molecule has 0 aliphatic carbocycles. The van der Waals surface area contributed by atoms with E-state index in [2.05, 4.69) is 15.3 Å². The summed E-state index contributed by atoms with van der Waals surface area (Å²) in [6.45, 7) is 0. The van der Waals surface area contributed by atoms with Gasteiger partial charge in [-0.15, -0.1) is 0 Å². The molecular weight excluding hydrogens is 236 g/mol. The van der Waals surface area contributed by atoms with E-state index in [0.717, 1.165) is 17.1 Å². The second-order valence-corrected chi connectivity index (χ2v) is 3.85. The molecule has 3 rings (SSSR count). The standard InChI is InChI=1S/C13H9F2N3/c14-8-5-6-10(9(15)7-8)16-13-17-11-3-1-2-4-12(11)18-13/h1-7H,(H2,16,17,18). The third kappa shape index (κ3) is 1.90. The van der Waals surface area contributed by atoms with Crippen molar-refractivity contribution in [2.45, 2.75) is 0 Å². The SMILES string of the molecule is Fc1ccc(Nc2nc3ccccc3[nH]2)c(F)c1. The van der Waals surface area contributed by atoms with Crippen molar-refractivity contribution in [2.24, 2.45) is 0 Å². The first kappa shape index (κ1) is 10.7. The lowest BCUT2D eigenvalue weighted by atomic mass is 10.3. The number of imidazole rings is 1. The zero-order valence-corrected chi connectivity index (χ0v) is 9.24. The Morgan fingerprint density at radius 3 is 2.67 bits per heavy atom. The van der Waals surface area contributed by atoms with Gasteiger partial charge in [0.15, 0.2) is 0 Å². The summed E-state index contributed by atoms with van der Waals surface area (Å²) < 4.78 is 26.2. The maximum atomic E-state index is 13.4. The number of halogens is 2. The van der Waals surface area contributed by atoms with Crippen molar-refractivity contribution >= 4 is 22.7 Å². The summed E-state index contributed by atoms with van der Waals surface area (Å²) in [5.41, 5.74) is 1.81. The minimum atomic E-state index is -0.657. The minimum Gasteiger partial charge on any atom is -0.324 e. The van der Waals surface area contributed by atoms with Gasteiger partial charge in [-0.1, -0.05) is 12.1 Å². The van der Waals surface area contributed by atoms with Gasteiger partial charge in [0.2, 0.25) is 5.95 Å². The number of hydrogen-bond donors (Lipinski definition) is 2. The van der Waals surface area contributed by atoms with Gasteiger partial charge in [0.05, 0.1) is 16.7 Å². The summed E-state index contributed by atoms with van der Waals surface area (Å²) in [7, 11) is 0. The number of nitrogens with one attached hydrogen (secondary N) is 2. The molecule has 5 heteroatoms. The van der Waals surface area contributed by atoms with E-state index in [9.17, 15) is 8.78 Å². The predicted octanol–water partition coefficient (Wildman–Crippen LogP) is 3.58. The van der Waals surface area contributed by atoms with Gasteiger partial charge in [0.1, 0.15) is 11.6 Å². The number of H-pyrrole nitrogens is 1. The van der Waals surface area contributed by atoms with Gasteiger partial charge in [0.25, 0.3) is 0 Å². The number of para-hydroxylation sites is 2. The molecule has 1 heterocycles. The number of nitrogens with zero attached hydrogens (tertiary/aromatic N) is 1. The fraction of sp³-hybridized carbons (Fsp3) is 0. The van der Waals surface area contributed by atoms with E-state index in [1.54, 1.807) is 0 Å². The number of benzene rings is 2. The van der Waals surface area contributed by atoms with Crippen LogP contribution in [0, 0.1) is 11.6 Å². The van der Waals surface area contributed by atoms with Crippen molar-refractivity contribution < 1.29 is 8.78 Å². The van der Waals surface area contributed by atoms with E-state index in [1.165, 1.54) is 12.1 Å². The summed E-state index contributed by atoms with van der Waals surface area (Å²) in [5.74, 6) is -0.847. The molecule has 0 aliphatic heterocycles. The summed E-state index contributed by atoms with van der Waals surface area (Å²) in [6.07, 6.45) is 0.